The molecule has 0 aromatic rings. The summed E-state index contributed by atoms with van der Waals surface area (Å²) in [6.45, 7) is 2.41. The van der Waals surface area contributed by atoms with Gasteiger partial charge in [0.1, 0.15) is 0 Å². The summed E-state index contributed by atoms with van der Waals surface area (Å²) in [4.78, 5) is 0. The second-order valence-electron chi connectivity index (χ2n) is 5.51. The fraction of sp³-hybridized carbons (Fsp3) is 1.00. The Morgan fingerprint density at radius 3 is 2.14 bits per heavy atom. The Bertz CT molecular complexity index is 155. The van der Waals surface area contributed by atoms with Gasteiger partial charge < -0.3 is 0 Å². The zero-order valence-electron chi connectivity index (χ0n) is 9.80. The van der Waals surface area contributed by atoms with Crippen molar-refractivity contribution in [3.8, 4) is 0 Å². The van der Waals surface area contributed by atoms with Crippen molar-refractivity contribution >= 4 is 0 Å². The third-order valence-electron chi connectivity index (χ3n) is 4.75. The highest BCUT2D eigenvalue weighted by atomic mass is 14.4. The lowest BCUT2D eigenvalue weighted by Gasteiger charge is -2.38. The van der Waals surface area contributed by atoms with E-state index in [1.165, 1.54) is 44.9 Å². The van der Waals surface area contributed by atoms with Crippen molar-refractivity contribution in [3.05, 3.63) is 0 Å². The van der Waals surface area contributed by atoms with Crippen molar-refractivity contribution in [1.29, 1.82) is 0 Å². The van der Waals surface area contributed by atoms with Gasteiger partial charge in [0.2, 0.25) is 0 Å². The first-order valence-electron chi connectivity index (χ1n) is 6.92. The summed E-state index contributed by atoms with van der Waals surface area (Å²) < 4.78 is 0. The summed E-state index contributed by atoms with van der Waals surface area (Å²) in [5.41, 5.74) is 0. The van der Waals surface area contributed by atoms with E-state index in [9.17, 15) is 0 Å². The first-order chi connectivity index (χ1) is 6.92. The molecule has 0 aromatic carbocycles. The molecule has 2 atom stereocenters. The van der Waals surface area contributed by atoms with E-state index in [0.717, 1.165) is 17.8 Å². The van der Waals surface area contributed by atoms with E-state index in [2.05, 4.69) is 6.92 Å². The van der Waals surface area contributed by atoms with E-state index >= 15 is 0 Å². The van der Waals surface area contributed by atoms with Crippen LogP contribution in [0.25, 0.3) is 0 Å². The molecule has 2 saturated carbocycles. The van der Waals surface area contributed by atoms with Gasteiger partial charge in [-0.3, -0.25) is 0 Å². The van der Waals surface area contributed by atoms with Crippen molar-refractivity contribution in [2.75, 3.05) is 0 Å². The van der Waals surface area contributed by atoms with Gasteiger partial charge in [0.25, 0.3) is 0 Å². The fourth-order valence-corrected chi connectivity index (χ4v) is 3.93. The van der Waals surface area contributed by atoms with Gasteiger partial charge >= 0.3 is 0 Å². The highest BCUT2D eigenvalue weighted by Gasteiger charge is 2.31. The molecular weight excluding hydrogens is 168 g/mol. The largest absolute Gasteiger partial charge is 0.0651 e. The van der Waals surface area contributed by atoms with Gasteiger partial charge in [-0.15, -0.1) is 0 Å². The van der Waals surface area contributed by atoms with Gasteiger partial charge in [-0.05, 0) is 24.2 Å². The van der Waals surface area contributed by atoms with Gasteiger partial charge in [0.05, 0.1) is 0 Å². The van der Waals surface area contributed by atoms with E-state index in [0.29, 0.717) is 0 Å². The van der Waals surface area contributed by atoms with Crippen molar-refractivity contribution in [2.24, 2.45) is 17.8 Å². The lowest BCUT2D eigenvalue weighted by molar-refractivity contribution is 0.125. The van der Waals surface area contributed by atoms with Crippen LogP contribution in [0.4, 0.5) is 0 Å². The van der Waals surface area contributed by atoms with Gasteiger partial charge in [0, 0.05) is 0 Å². The van der Waals surface area contributed by atoms with Crippen LogP contribution in [0.1, 0.15) is 71.1 Å². The predicted octanol–water partition coefficient (Wildman–Crippen LogP) is 4.78. The number of rotatable bonds is 2. The summed E-state index contributed by atoms with van der Waals surface area (Å²) in [5.74, 6) is 3.33. The Morgan fingerprint density at radius 1 is 0.786 bits per heavy atom. The topological polar surface area (TPSA) is 0 Å². The molecule has 82 valence electrons. The molecule has 0 radical (unpaired) electrons. The molecule has 14 heavy (non-hydrogen) atoms. The minimum atomic E-state index is 1.09. The van der Waals surface area contributed by atoms with Crippen LogP contribution in [-0.4, -0.2) is 0 Å². The normalized spacial score (nSPS) is 35.8. The molecule has 0 nitrogen and oxygen atoms in total. The summed E-state index contributed by atoms with van der Waals surface area (Å²) in [7, 11) is 0. The van der Waals surface area contributed by atoms with Crippen molar-refractivity contribution in [1.82, 2.24) is 0 Å². The molecule has 0 bridgehead atoms. The van der Waals surface area contributed by atoms with E-state index in [1.54, 1.807) is 19.3 Å². The standard InChI is InChI=1S/C14H26/c1-2-12-8-6-7-11-14(12)13-9-4-3-5-10-13/h12-14H,2-11H2,1H3/t12-,14-/m1/s1. The van der Waals surface area contributed by atoms with Crippen molar-refractivity contribution < 1.29 is 0 Å². The van der Waals surface area contributed by atoms with E-state index < -0.39 is 0 Å². The second kappa shape index (κ2) is 5.19. The van der Waals surface area contributed by atoms with Crippen LogP contribution in [0, 0.1) is 17.8 Å². The van der Waals surface area contributed by atoms with Crippen LogP contribution < -0.4 is 0 Å². The van der Waals surface area contributed by atoms with Gasteiger partial charge in [-0.25, -0.2) is 0 Å². The molecule has 0 aliphatic heterocycles. The van der Waals surface area contributed by atoms with E-state index in [1.807, 2.05) is 0 Å². The SMILES string of the molecule is CC[C@@H]1CCCC[C@H]1C1CCCCC1. The Balaban J connectivity index is 1.91. The lowest BCUT2D eigenvalue weighted by Crippen LogP contribution is -2.28. The maximum absolute atomic E-state index is 2.41. The molecule has 0 spiro atoms. The monoisotopic (exact) mass is 194 g/mol. The average molecular weight is 194 g/mol. The van der Waals surface area contributed by atoms with Crippen molar-refractivity contribution in [2.45, 2.75) is 71.1 Å². The summed E-state index contributed by atoms with van der Waals surface area (Å²) in [6.07, 6.45) is 15.3. The number of hydrogen-bond donors (Lipinski definition) is 0. The predicted molar refractivity (Wildman–Crippen MR) is 62.3 cm³/mol. The molecule has 0 unspecified atom stereocenters. The van der Waals surface area contributed by atoms with Crippen LogP contribution in [0.5, 0.6) is 0 Å². The molecular formula is C14H26. The molecule has 2 rings (SSSR count). The lowest BCUT2D eigenvalue weighted by atomic mass is 9.67. The van der Waals surface area contributed by atoms with Crippen LogP contribution in [0.15, 0.2) is 0 Å². The van der Waals surface area contributed by atoms with Gasteiger partial charge in [-0.1, -0.05) is 64.7 Å². The molecule has 2 aliphatic rings. The maximum Gasteiger partial charge on any atom is -0.0358 e. The van der Waals surface area contributed by atoms with Crippen LogP contribution in [-0.2, 0) is 0 Å². The van der Waals surface area contributed by atoms with Crippen LogP contribution in [0.3, 0.4) is 0 Å². The first kappa shape index (κ1) is 10.5. The quantitative estimate of drug-likeness (QED) is 0.593. The minimum Gasteiger partial charge on any atom is -0.0651 e. The average Bonchev–Trinajstić information content (AvgIpc) is 2.30. The third-order valence-corrected chi connectivity index (χ3v) is 4.75. The molecule has 0 amide bonds. The van der Waals surface area contributed by atoms with E-state index in [4.69, 9.17) is 0 Å². The Hall–Kier alpha value is 0. The highest BCUT2D eigenvalue weighted by molar-refractivity contribution is 4.82. The molecule has 0 heteroatoms. The summed E-state index contributed by atoms with van der Waals surface area (Å²) in [6, 6.07) is 0. The van der Waals surface area contributed by atoms with E-state index in [-0.39, 0.29) is 0 Å². The zero-order valence-corrected chi connectivity index (χ0v) is 9.80. The minimum absolute atomic E-state index is 1.09. The molecule has 0 aromatic heterocycles. The maximum atomic E-state index is 2.41. The molecule has 0 saturated heterocycles. The smallest absolute Gasteiger partial charge is 0.0358 e. The third kappa shape index (κ3) is 2.32. The van der Waals surface area contributed by atoms with Crippen LogP contribution >= 0.6 is 0 Å². The second-order valence-corrected chi connectivity index (χ2v) is 5.51. The summed E-state index contributed by atoms with van der Waals surface area (Å²) >= 11 is 0. The van der Waals surface area contributed by atoms with Crippen molar-refractivity contribution in [3.63, 3.8) is 0 Å². The summed E-state index contributed by atoms with van der Waals surface area (Å²) in [5, 5.41) is 0. The fourth-order valence-electron chi connectivity index (χ4n) is 3.93. The Labute approximate surface area is 89.5 Å². The van der Waals surface area contributed by atoms with Gasteiger partial charge in [0.15, 0.2) is 0 Å². The first-order valence-corrected chi connectivity index (χ1v) is 6.92. The Kier molecular flexibility index (Phi) is 3.89. The number of hydrogen-bond acceptors (Lipinski definition) is 0. The van der Waals surface area contributed by atoms with Gasteiger partial charge in [-0.2, -0.15) is 0 Å². The Morgan fingerprint density at radius 2 is 1.43 bits per heavy atom. The van der Waals surface area contributed by atoms with Crippen LogP contribution in [0.2, 0.25) is 0 Å². The molecule has 2 aliphatic carbocycles. The molecule has 2 fully saturated rings. The molecule has 0 N–H and O–H groups in total. The molecule has 0 heterocycles. The highest BCUT2D eigenvalue weighted by Crippen LogP contribution is 2.42. The zero-order chi connectivity index (χ0) is 9.80.